The third kappa shape index (κ3) is 4.09. The molecule has 1 atom stereocenters. The SMILES string of the molecule is N#CCN(CC#N)C(=O)CC1CSCCN1. The lowest BCUT2D eigenvalue weighted by Crippen LogP contribution is -2.42. The average Bonchev–Trinajstić information content (AvgIpc) is 2.30. The van der Waals surface area contributed by atoms with Gasteiger partial charge in [-0.05, 0) is 0 Å². The molecular weight excluding hydrogens is 224 g/mol. The lowest BCUT2D eigenvalue weighted by atomic mass is 10.2. The van der Waals surface area contributed by atoms with Crippen LogP contribution in [0.15, 0.2) is 0 Å². The first-order chi connectivity index (χ1) is 7.77. The second kappa shape index (κ2) is 7.10. The monoisotopic (exact) mass is 238 g/mol. The van der Waals surface area contributed by atoms with E-state index in [1.54, 1.807) is 0 Å². The first kappa shape index (κ1) is 12.8. The summed E-state index contributed by atoms with van der Waals surface area (Å²) in [5, 5.41) is 20.3. The molecule has 0 aromatic carbocycles. The third-order valence-electron chi connectivity index (χ3n) is 2.30. The first-order valence-electron chi connectivity index (χ1n) is 5.10. The van der Waals surface area contributed by atoms with Crippen LogP contribution in [-0.4, -0.2) is 48.0 Å². The van der Waals surface area contributed by atoms with E-state index in [-0.39, 0.29) is 25.0 Å². The molecule has 0 aromatic rings. The molecule has 1 unspecified atom stereocenters. The molecule has 1 aliphatic heterocycles. The minimum atomic E-state index is -0.122. The summed E-state index contributed by atoms with van der Waals surface area (Å²) in [4.78, 5) is 13.1. The van der Waals surface area contributed by atoms with Gasteiger partial charge in [0.2, 0.25) is 5.91 Å². The van der Waals surface area contributed by atoms with Crippen LogP contribution < -0.4 is 5.32 Å². The molecular formula is C10H14N4OS. The van der Waals surface area contributed by atoms with E-state index in [2.05, 4.69) is 5.32 Å². The van der Waals surface area contributed by atoms with Gasteiger partial charge in [-0.3, -0.25) is 4.79 Å². The molecule has 1 heterocycles. The molecule has 0 spiro atoms. The Bertz CT molecular complexity index is 298. The standard InChI is InChI=1S/C10H14N4OS/c11-1-4-14(5-2-12)10(15)7-9-8-16-6-3-13-9/h9,13H,3-8H2. The third-order valence-corrected chi connectivity index (χ3v) is 3.43. The molecule has 0 radical (unpaired) electrons. The maximum Gasteiger partial charge on any atom is 0.225 e. The fourth-order valence-electron chi connectivity index (χ4n) is 1.49. The first-order valence-corrected chi connectivity index (χ1v) is 6.26. The zero-order chi connectivity index (χ0) is 11.8. The summed E-state index contributed by atoms with van der Waals surface area (Å²) in [5.41, 5.74) is 0. The summed E-state index contributed by atoms with van der Waals surface area (Å²) < 4.78 is 0. The molecule has 1 amide bonds. The molecule has 5 nitrogen and oxygen atoms in total. The number of rotatable bonds is 4. The van der Waals surface area contributed by atoms with E-state index in [4.69, 9.17) is 10.5 Å². The van der Waals surface area contributed by atoms with Gasteiger partial charge in [0.15, 0.2) is 0 Å². The summed E-state index contributed by atoms with van der Waals surface area (Å²) in [6.45, 7) is 0.900. The quantitative estimate of drug-likeness (QED) is 0.695. The summed E-state index contributed by atoms with van der Waals surface area (Å²) in [5.74, 6) is 1.87. The summed E-state index contributed by atoms with van der Waals surface area (Å²) in [7, 11) is 0. The van der Waals surface area contributed by atoms with Crippen molar-refractivity contribution in [3.05, 3.63) is 0 Å². The van der Waals surface area contributed by atoms with Crippen molar-refractivity contribution in [3.8, 4) is 12.1 Å². The normalized spacial score (nSPS) is 19.5. The molecule has 0 aromatic heterocycles. The lowest BCUT2D eigenvalue weighted by molar-refractivity contribution is -0.130. The van der Waals surface area contributed by atoms with E-state index in [0.717, 1.165) is 18.1 Å². The Morgan fingerprint density at radius 3 is 2.62 bits per heavy atom. The predicted octanol–water partition coefficient (Wildman–Crippen LogP) is -0.0427. The van der Waals surface area contributed by atoms with Crippen LogP contribution in [0, 0.1) is 22.7 Å². The molecule has 6 heteroatoms. The van der Waals surface area contributed by atoms with Gasteiger partial charge >= 0.3 is 0 Å². The van der Waals surface area contributed by atoms with Crippen LogP contribution in [0.1, 0.15) is 6.42 Å². The molecule has 1 rings (SSSR count). The Labute approximate surface area is 99.4 Å². The molecule has 0 bridgehead atoms. The van der Waals surface area contributed by atoms with Crippen LogP contribution in [0.25, 0.3) is 0 Å². The largest absolute Gasteiger partial charge is 0.316 e. The molecule has 1 aliphatic rings. The van der Waals surface area contributed by atoms with Crippen molar-refractivity contribution in [3.63, 3.8) is 0 Å². The number of nitrogens with zero attached hydrogens (tertiary/aromatic N) is 3. The Balaban J connectivity index is 2.41. The number of hydrogen-bond acceptors (Lipinski definition) is 5. The van der Waals surface area contributed by atoms with E-state index in [0.29, 0.717) is 6.42 Å². The number of carbonyl (C=O) groups excluding carboxylic acids is 1. The molecule has 1 saturated heterocycles. The van der Waals surface area contributed by atoms with Crippen LogP contribution in [0.4, 0.5) is 0 Å². The predicted molar refractivity (Wildman–Crippen MR) is 61.5 cm³/mol. The van der Waals surface area contributed by atoms with Gasteiger partial charge < -0.3 is 10.2 Å². The van der Waals surface area contributed by atoms with E-state index in [9.17, 15) is 4.79 Å². The van der Waals surface area contributed by atoms with Gasteiger partial charge in [-0.1, -0.05) is 0 Å². The topological polar surface area (TPSA) is 79.9 Å². The van der Waals surface area contributed by atoms with Crippen LogP contribution in [0.2, 0.25) is 0 Å². The Morgan fingerprint density at radius 2 is 2.12 bits per heavy atom. The molecule has 1 fully saturated rings. The highest BCUT2D eigenvalue weighted by Crippen LogP contribution is 2.11. The van der Waals surface area contributed by atoms with Crippen LogP contribution in [-0.2, 0) is 4.79 Å². The average molecular weight is 238 g/mol. The van der Waals surface area contributed by atoms with Gasteiger partial charge in [-0.2, -0.15) is 22.3 Å². The van der Waals surface area contributed by atoms with Crippen LogP contribution in [0.3, 0.4) is 0 Å². The van der Waals surface area contributed by atoms with Crippen molar-refractivity contribution in [1.29, 1.82) is 10.5 Å². The summed E-state index contributed by atoms with van der Waals surface area (Å²) in [6, 6.07) is 3.97. The Kier molecular flexibility index (Phi) is 5.69. The molecule has 16 heavy (non-hydrogen) atoms. The number of thioether (sulfide) groups is 1. The minimum Gasteiger partial charge on any atom is -0.316 e. The molecule has 1 N–H and O–H groups in total. The minimum absolute atomic E-state index is 0.00768. The van der Waals surface area contributed by atoms with Gasteiger partial charge in [0.1, 0.15) is 13.1 Å². The van der Waals surface area contributed by atoms with Crippen molar-refractivity contribution in [2.45, 2.75) is 12.5 Å². The Hall–Kier alpha value is -1.24. The van der Waals surface area contributed by atoms with Gasteiger partial charge in [0, 0.05) is 30.5 Å². The van der Waals surface area contributed by atoms with Gasteiger partial charge in [0.05, 0.1) is 12.1 Å². The van der Waals surface area contributed by atoms with Crippen LogP contribution >= 0.6 is 11.8 Å². The second-order valence-electron chi connectivity index (χ2n) is 3.50. The van der Waals surface area contributed by atoms with Crippen molar-refractivity contribution in [2.75, 3.05) is 31.1 Å². The highest BCUT2D eigenvalue weighted by Gasteiger charge is 2.20. The van der Waals surface area contributed by atoms with E-state index in [1.165, 1.54) is 4.90 Å². The smallest absolute Gasteiger partial charge is 0.225 e. The van der Waals surface area contributed by atoms with Crippen molar-refractivity contribution in [1.82, 2.24) is 10.2 Å². The van der Waals surface area contributed by atoms with Crippen molar-refractivity contribution >= 4 is 17.7 Å². The fraction of sp³-hybridized carbons (Fsp3) is 0.700. The van der Waals surface area contributed by atoms with Crippen LogP contribution in [0.5, 0.6) is 0 Å². The summed E-state index contributed by atoms with van der Waals surface area (Å²) >= 11 is 1.82. The number of carbonyl (C=O) groups is 1. The Morgan fingerprint density at radius 1 is 1.44 bits per heavy atom. The number of nitrogens with one attached hydrogen (secondary N) is 1. The van der Waals surface area contributed by atoms with Gasteiger partial charge in [-0.15, -0.1) is 0 Å². The van der Waals surface area contributed by atoms with Gasteiger partial charge in [0.25, 0.3) is 0 Å². The van der Waals surface area contributed by atoms with E-state index in [1.807, 2.05) is 23.9 Å². The van der Waals surface area contributed by atoms with Crippen molar-refractivity contribution < 1.29 is 4.79 Å². The fourth-order valence-corrected chi connectivity index (χ4v) is 2.44. The second-order valence-corrected chi connectivity index (χ2v) is 4.65. The van der Waals surface area contributed by atoms with E-state index < -0.39 is 0 Å². The lowest BCUT2D eigenvalue weighted by Gasteiger charge is -2.25. The highest BCUT2D eigenvalue weighted by molar-refractivity contribution is 7.99. The maximum atomic E-state index is 11.8. The maximum absolute atomic E-state index is 11.8. The molecule has 0 saturated carbocycles. The molecule has 86 valence electrons. The number of nitriles is 2. The van der Waals surface area contributed by atoms with E-state index >= 15 is 0 Å². The zero-order valence-corrected chi connectivity index (χ0v) is 9.79. The van der Waals surface area contributed by atoms with Crippen molar-refractivity contribution in [2.24, 2.45) is 0 Å². The zero-order valence-electron chi connectivity index (χ0n) is 8.98. The number of amides is 1. The summed E-state index contributed by atoms with van der Waals surface area (Å²) in [6.07, 6.45) is 0.371. The highest BCUT2D eigenvalue weighted by atomic mass is 32.2. The number of hydrogen-bond donors (Lipinski definition) is 1. The van der Waals surface area contributed by atoms with Gasteiger partial charge in [-0.25, -0.2) is 0 Å². The molecule has 0 aliphatic carbocycles.